The Kier molecular flexibility index (Phi) is 11.7. The van der Waals surface area contributed by atoms with E-state index in [0.717, 1.165) is 72.8 Å². The summed E-state index contributed by atoms with van der Waals surface area (Å²) in [5.74, 6) is -3.38. The van der Waals surface area contributed by atoms with Gasteiger partial charge >= 0.3 is 0 Å². The van der Waals surface area contributed by atoms with E-state index in [9.17, 15) is 35.0 Å². The molecule has 2 N–H and O–H groups in total. The lowest BCUT2D eigenvalue weighted by Gasteiger charge is -2.12. The SMILES string of the molecule is O=S([O-])c1ccc(F)c(-c2c3nc(c(-c4cc(S(=O)[O-])ccc4F)c4ccc([nH]4)c(-c4cc(S(=O)[O-])ccc4F)c4nc(c(-c5cc(S(=O)[O-])ccc5F)c5ccc2[nH]5)CC4)CC3)c1. The molecule has 4 unspecified atom stereocenters. The average molecular weight is 943 g/mol. The number of aryl methyl sites for hydroxylation is 4. The van der Waals surface area contributed by atoms with Crippen LogP contribution in [0.2, 0.25) is 0 Å². The van der Waals surface area contributed by atoms with Gasteiger partial charge in [-0.05, 0) is 167 Å². The Morgan fingerprint density at radius 1 is 0.375 bits per heavy atom. The molecular weight excluding hydrogens is 917 g/mol. The molecule has 5 heterocycles. The van der Waals surface area contributed by atoms with Crippen molar-refractivity contribution >= 4 is 66.4 Å². The van der Waals surface area contributed by atoms with Crippen LogP contribution in [0.1, 0.15) is 22.8 Å². The highest BCUT2D eigenvalue weighted by molar-refractivity contribution is 7.79. The molecule has 7 aromatic rings. The highest BCUT2D eigenvalue weighted by Crippen LogP contribution is 2.41. The van der Waals surface area contributed by atoms with Crippen molar-refractivity contribution in [3.63, 3.8) is 0 Å². The van der Waals surface area contributed by atoms with Crippen LogP contribution in [0.15, 0.2) is 117 Å². The summed E-state index contributed by atoms with van der Waals surface area (Å²) in [5, 5.41) is 0. The van der Waals surface area contributed by atoms with Crippen molar-refractivity contribution in [2.75, 3.05) is 0 Å². The molecule has 2 aliphatic heterocycles. The summed E-state index contributed by atoms with van der Waals surface area (Å²) in [5.41, 5.74) is 0.747. The van der Waals surface area contributed by atoms with E-state index >= 15 is 17.6 Å². The maximum absolute atomic E-state index is 16.1. The molecule has 0 spiro atoms. The van der Waals surface area contributed by atoms with Crippen LogP contribution >= 0.6 is 0 Å². The molecule has 64 heavy (non-hydrogen) atoms. The zero-order valence-corrected chi connectivity index (χ0v) is 35.6. The van der Waals surface area contributed by atoms with Crippen LogP contribution in [0.25, 0.3) is 66.6 Å². The fourth-order valence-corrected chi connectivity index (χ4v) is 9.72. The molecule has 4 atom stereocenters. The van der Waals surface area contributed by atoms with Crippen molar-refractivity contribution in [1.29, 1.82) is 0 Å². The monoisotopic (exact) mass is 942 g/mol. The van der Waals surface area contributed by atoms with Crippen molar-refractivity contribution in [3.8, 4) is 44.5 Å². The fourth-order valence-electron chi connectivity index (χ4n) is 8.14. The van der Waals surface area contributed by atoms with E-state index in [1.807, 2.05) is 0 Å². The molecule has 4 aromatic carbocycles. The second-order valence-electron chi connectivity index (χ2n) is 14.6. The Hall–Kier alpha value is -5.84. The van der Waals surface area contributed by atoms with Crippen LogP contribution in [0.5, 0.6) is 0 Å². The van der Waals surface area contributed by atoms with E-state index < -0.39 is 67.6 Å². The predicted octanol–water partition coefficient (Wildman–Crippen LogP) is 8.06. The first-order chi connectivity index (χ1) is 30.7. The van der Waals surface area contributed by atoms with Crippen molar-refractivity contribution < 1.29 is 52.6 Å². The number of hydrogen-bond donors (Lipinski definition) is 2. The number of H-pyrrole nitrogens is 2. The topological polar surface area (TPSA) is 218 Å². The largest absolute Gasteiger partial charge is 0.768 e. The highest BCUT2D eigenvalue weighted by Gasteiger charge is 2.26. The number of hydrogen-bond acceptors (Lipinski definition) is 10. The van der Waals surface area contributed by atoms with Crippen LogP contribution in [-0.2, 0) is 70.0 Å². The highest BCUT2D eigenvalue weighted by atomic mass is 32.2. The quantitative estimate of drug-likeness (QED) is 0.110. The number of rotatable bonds is 8. The summed E-state index contributed by atoms with van der Waals surface area (Å²) in [6.45, 7) is 0. The summed E-state index contributed by atoms with van der Waals surface area (Å²) in [4.78, 5) is 15.1. The number of halogens is 4. The fraction of sp³-hybridized carbons (Fsp3) is 0.0909. The Morgan fingerprint density at radius 3 is 0.797 bits per heavy atom. The van der Waals surface area contributed by atoms with Gasteiger partial charge in [-0.1, -0.05) is 0 Å². The Balaban J connectivity index is 1.52. The van der Waals surface area contributed by atoms with Crippen LogP contribution in [0.4, 0.5) is 17.6 Å². The van der Waals surface area contributed by atoms with Gasteiger partial charge in [-0.15, -0.1) is 0 Å². The summed E-state index contributed by atoms with van der Waals surface area (Å²) >= 11 is -11.2. The van der Waals surface area contributed by atoms with Gasteiger partial charge in [0.05, 0.1) is 22.8 Å². The van der Waals surface area contributed by atoms with E-state index in [0.29, 0.717) is 0 Å². The summed E-state index contributed by atoms with van der Waals surface area (Å²) in [6.07, 6.45) is 0.182. The predicted molar refractivity (Wildman–Crippen MR) is 226 cm³/mol. The first-order valence-electron chi connectivity index (χ1n) is 19.0. The lowest BCUT2D eigenvalue weighted by Crippen LogP contribution is -1.96. The van der Waals surface area contributed by atoms with E-state index in [4.69, 9.17) is 9.97 Å². The van der Waals surface area contributed by atoms with Gasteiger partial charge < -0.3 is 28.2 Å². The molecule has 0 saturated heterocycles. The molecule has 0 saturated carbocycles. The van der Waals surface area contributed by atoms with E-state index in [-0.39, 0.29) is 135 Å². The van der Waals surface area contributed by atoms with Crippen LogP contribution in [0.3, 0.4) is 0 Å². The maximum Gasteiger partial charge on any atom is 0.131 e. The molecule has 2 aliphatic rings. The first kappa shape index (κ1) is 43.4. The third kappa shape index (κ3) is 8.00. The molecule has 326 valence electrons. The maximum atomic E-state index is 16.1. The van der Waals surface area contributed by atoms with Crippen LogP contribution in [-0.4, -0.2) is 55.0 Å². The molecule has 9 rings (SSSR count). The van der Waals surface area contributed by atoms with Gasteiger partial charge in [-0.25, -0.2) is 17.6 Å². The van der Waals surface area contributed by atoms with Crippen LogP contribution in [0, 0.1) is 23.3 Å². The van der Waals surface area contributed by atoms with Gasteiger partial charge in [0.25, 0.3) is 0 Å². The molecule has 8 bridgehead atoms. The van der Waals surface area contributed by atoms with Gasteiger partial charge in [0.2, 0.25) is 0 Å². The smallest absolute Gasteiger partial charge is 0.131 e. The van der Waals surface area contributed by atoms with Crippen molar-refractivity contribution in [2.24, 2.45) is 0 Å². The molecule has 0 aliphatic carbocycles. The van der Waals surface area contributed by atoms with Gasteiger partial charge in [-0.2, -0.15) is 0 Å². The van der Waals surface area contributed by atoms with E-state index in [2.05, 4.69) is 9.97 Å². The molecule has 0 fully saturated rings. The zero-order chi connectivity index (χ0) is 45.1. The normalized spacial score (nSPS) is 14.6. The lowest BCUT2D eigenvalue weighted by molar-refractivity contribution is 0.535. The third-order valence-corrected chi connectivity index (χ3v) is 13.5. The number of aromatic nitrogens is 4. The minimum atomic E-state index is -2.80. The van der Waals surface area contributed by atoms with Gasteiger partial charge in [0.15, 0.2) is 0 Å². The van der Waals surface area contributed by atoms with Gasteiger partial charge in [-0.3, -0.25) is 26.8 Å². The van der Waals surface area contributed by atoms with Crippen molar-refractivity contribution in [1.82, 2.24) is 19.9 Å². The standard InChI is InChI=1S/C44H30F4N4O8S4/c45-29-5-1-21(61(53)54)17-25(29)41-33-9-11-35(49-33)42(26-18-22(62(55)56)2-6-30(26)46)37-13-15-39(51-37)44(28-20-24(64(59)60)4-8-32(28)48)40-16-14-38(52-40)43(36-12-10-34(41)50-36)27-19-23(63(57)58)3-7-31(27)47/h1-9,11,14,16-20,49,52H,10,12-13,15H2,(H,53,54)(H,55,56)(H,57,58)(H,59,60)/p-4. The second kappa shape index (κ2) is 17.3. The van der Waals surface area contributed by atoms with Crippen molar-refractivity contribution in [2.45, 2.75) is 45.3 Å². The minimum absolute atomic E-state index is 0.0456. The van der Waals surface area contributed by atoms with E-state index in [1.54, 1.807) is 0 Å². The molecule has 12 nitrogen and oxygen atoms in total. The van der Waals surface area contributed by atoms with E-state index in [1.165, 1.54) is 24.3 Å². The van der Waals surface area contributed by atoms with Crippen molar-refractivity contribution in [3.05, 3.63) is 143 Å². The zero-order valence-electron chi connectivity index (χ0n) is 32.4. The van der Waals surface area contributed by atoms with Gasteiger partial charge in [0.1, 0.15) is 23.3 Å². The second-order valence-corrected chi connectivity index (χ2v) is 18.4. The molecule has 0 radical (unpaired) electrons. The number of aromatic amines is 2. The Bertz CT molecular complexity index is 2960. The lowest BCUT2D eigenvalue weighted by atomic mass is 10.00. The number of benzene rings is 4. The number of nitrogens with zero attached hydrogens (tertiary/aromatic N) is 2. The summed E-state index contributed by atoms with van der Waals surface area (Å²) < 4.78 is 162. The molecule has 0 amide bonds. The Labute approximate surface area is 370 Å². The van der Waals surface area contributed by atoms with Gasteiger partial charge in [0, 0.05) is 86.2 Å². The molecular formula is C44H26F4N4O8S4-4. The average Bonchev–Trinajstić information content (AvgIpc) is 4.11. The summed E-state index contributed by atoms with van der Waals surface area (Å²) in [7, 11) is 0. The number of fused-ring (bicyclic) bond motifs is 8. The minimum Gasteiger partial charge on any atom is -0.768 e. The third-order valence-electron chi connectivity index (χ3n) is 10.9. The number of nitrogens with one attached hydrogen (secondary N) is 2. The Morgan fingerprint density at radius 2 is 0.594 bits per heavy atom. The summed E-state index contributed by atoms with van der Waals surface area (Å²) in [6, 6.07) is 18.6. The first-order valence-corrected chi connectivity index (χ1v) is 23.3. The molecule has 20 heteroatoms. The molecule has 3 aromatic heterocycles. The van der Waals surface area contributed by atoms with Crippen LogP contribution < -0.4 is 0 Å².